The van der Waals surface area contributed by atoms with Crippen LogP contribution in [0.4, 0.5) is 17.1 Å². The third-order valence-electron chi connectivity index (χ3n) is 4.69. The molecule has 0 aromatic heterocycles. The van der Waals surface area contributed by atoms with E-state index in [4.69, 9.17) is 7.98 Å². The first kappa shape index (κ1) is 18.0. The summed E-state index contributed by atoms with van der Waals surface area (Å²) < 4.78 is 0. The molecule has 0 aliphatic heterocycles. The molecule has 0 heterocycles. The number of anilines is 1. The van der Waals surface area contributed by atoms with Gasteiger partial charge in [-0.05, 0) is 86.6 Å². The fourth-order valence-electron chi connectivity index (χ4n) is 3.25. The molecule has 0 atom stereocenters. The fraction of sp³-hybridized carbons (Fsp3) is 0.238. The number of azo groups is 1. The van der Waals surface area contributed by atoms with Gasteiger partial charge >= 0.3 is 0 Å². The summed E-state index contributed by atoms with van der Waals surface area (Å²) in [6.45, 7) is 7.94. The number of aryl methyl sites for hydroxylation is 4. The van der Waals surface area contributed by atoms with E-state index in [1.54, 1.807) is 11.9 Å². The molecule has 0 amide bonds. The minimum atomic E-state index is 0.181. The molecular weight excluding hydrogens is 321 g/mol. The summed E-state index contributed by atoms with van der Waals surface area (Å²) in [5, 5.41) is 21.4. The van der Waals surface area contributed by atoms with Crippen molar-refractivity contribution in [3.63, 3.8) is 0 Å². The third kappa shape index (κ3) is 3.17. The standard InChI is InChI=1S/C21H22BN3O/c1-12-6-7-13(2)19-17(12)11-15(4)20(21(19)26)24-23-16-8-9-18(25(5)22)14(3)10-16/h6-11,26H,1-5H3. The molecule has 3 aromatic rings. The van der Waals surface area contributed by atoms with Gasteiger partial charge in [-0.25, -0.2) is 0 Å². The van der Waals surface area contributed by atoms with Crippen molar-refractivity contribution in [1.29, 1.82) is 0 Å². The average molecular weight is 343 g/mol. The highest BCUT2D eigenvalue weighted by atomic mass is 16.3. The molecule has 130 valence electrons. The van der Waals surface area contributed by atoms with Gasteiger partial charge in [0.1, 0.15) is 5.69 Å². The second-order valence-electron chi connectivity index (χ2n) is 6.79. The first-order chi connectivity index (χ1) is 12.3. The van der Waals surface area contributed by atoms with Crippen molar-refractivity contribution in [2.75, 3.05) is 11.9 Å². The van der Waals surface area contributed by atoms with Gasteiger partial charge in [0.2, 0.25) is 7.98 Å². The average Bonchev–Trinajstić information content (AvgIpc) is 2.57. The molecule has 1 N–H and O–H groups in total. The molecule has 0 saturated carbocycles. The summed E-state index contributed by atoms with van der Waals surface area (Å²) in [5.74, 6) is 0.181. The number of phenols is 1. The molecule has 3 aromatic carbocycles. The van der Waals surface area contributed by atoms with Crippen molar-refractivity contribution >= 4 is 35.8 Å². The lowest BCUT2D eigenvalue weighted by Gasteiger charge is -2.16. The summed E-state index contributed by atoms with van der Waals surface area (Å²) in [5.41, 5.74) is 6.20. The lowest BCUT2D eigenvalue weighted by Crippen LogP contribution is -2.12. The van der Waals surface area contributed by atoms with Crippen LogP contribution in [0.15, 0.2) is 46.6 Å². The number of aromatic hydroxyl groups is 1. The van der Waals surface area contributed by atoms with Gasteiger partial charge in [-0.1, -0.05) is 12.1 Å². The molecule has 0 spiro atoms. The van der Waals surface area contributed by atoms with Gasteiger partial charge < -0.3 is 9.92 Å². The molecule has 5 heteroatoms. The lowest BCUT2D eigenvalue weighted by atomic mass is 9.97. The van der Waals surface area contributed by atoms with Crippen LogP contribution < -0.4 is 4.81 Å². The van der Waals surface area contributed by atoms with Crippen LogP contribution in [0.3, 0.4) is 0 Å². The monoisotopic (exact) mass is 343 g/mol. The molecule has 0 aliphatic rings. The van der Waals surface area contributed by atoms with Crippen molar-refractivity contribution in [2.45, 2.75) is 27.7 Å². The van der Waals surface area contributed by atoms with Gasteiger partial charge in [-0.2, -0.15) is 5.11 Å². The Morgan fingerprint density at radius 1 is 0.846 bits per heavy atom. The number of benzene rings is 3. The fourth-order valence-corrected chi connectivity index (χ4v) is 3.25. The van der Waals surface area contributed by atoms with Gasteiger partial charge in [0.15, 0.2) is 5.75 Å². The third-order valence-corrected chi connectivity index (χ3v) is 4.69. The largest absolute Gasteiger partial charge is 0.505 e. The van der Waals surface area contributed by atoms with Crippen LogP contribution in [0, 0.1) is 27.7 Å². The Kier molecular flexibility index (Phi) is 4.72. The molecule has 3 rings (SSSR count). The number of phenolic OH excluding ortho intramolecular Hbond substituents is 1. The summed E-state index contributed by atoms with van der Waals surface area (Å²) in [4.78, 5) is 1.57. The molecular formula is C21H22BN3O. The Morgan fingerprint density at radius 2 is 1.54 bits per heavy atom. The smallest absolute Gasteiger partial charge is 0.226 e. The molecule has 2 radical (unpaired) electrons. The number of hydrogen-bond acceptors (Lipinski definition) is 4. The summed E-state index contributed by atoms with van der Waals surface area (Å²) >= 11 is 0. The van der Waals surface area contributed by atoms with E-state index >= 15 is 0 Å². The Morgan fingerprint density at radius 3 is 2.19 bits per heavy atom. The predicted molar refractivity (Wildman–Crippen MR) is 109 cm³/mol. The Labute approximate surface area is 155 Å². The van der Waals surface area contributed by atoms with Crippen molar-refractivity contribution in [3.8, 4) is 5.75 Å². The van der Waals surface area contributed by atoms with Crippen LogP contribution in [0.1, 0.15) is 22.3 Å². The minimum Gasteiger partial charge on any atom is -0.505 e. The van der Waals surface area contributed by atoms with Crippen molar-refractivity contribution in [1.82, 2.24) is 0 Å². The number of rotatable bonds is 3. The molecule has 4 nitrogen and oxygen atoms in total. The molecule has 26 heavy (non-hydrogen) atoms. The van der Waals surface area contributed by atoms with E-state index < -0.39 is 0 Å². The maximum Gasteiger partial charge on any atom is 0.226 e. The van der Waals surface area contributed by atoms with Gasteiger partial charge in [0.05, 0.1) is 5.69 Å². The lowest BCUT2D eigenvalue weighted by molar-refractivity contribution is 0.482. The van der Waals surface area contributed by atoms with Gasteiger partial charge in [0, 0.05) is 11.1 Å². The zero-order valence-electron chi connectivity index (χ0n) is 15.8. The quantitative estimate of drug-likeness (QED) is 0.489. The molecule has 0 bridgehead atoms. The normalized spacial score (nSPS) is 11.4. The van der Waals surface area contributed by atoms with Crippen molar-refractivity contribution in [2.24, 2.45) is 10.2 Å². The van der Waals surface area contributed by atoms with E-state index in [1.807, 2.05) is 52.0 Å². The maximum absolute atomic E-state index is 10.8. The topological polar surface area (TPSA) is 48.2 Å². The highest BCUT2D eigenvalue weighted by Crippen LogP contribution is 2.41. The zero-order chi connectivity index (χ0) is 19.0. The van der Waals surface area contributed by atoms with Crippen LogP contribution in [0.2, 0.25) is 0 Å². The second-order valence-corrected chi connectivity index (χ2v) is 6.79. The van der Waals surface area contributed by atoms with E-state index in [0.717, 1.165) is 38.7 Å². The van der Waals surface area contributed by atoms with E-state index in [0.29, 0.717) is 11.4 Å². The van der Waals surface area contributed by atoms with Gasteiger partial charge in [-0.3, -0.25) is 0 Å². The van der Waals surface area contributed by atoms with Crippen LogP contribution in [0.5, 0.6) is 5.75 Å². The van der Waals surface area contributed by atoms with E-state index in [1.165, 1.54) is 0 Å². The van der Waals surface area contributed by atoms with E-state index in [-0.39, 0.29) is 5.75 Å². The molecule has 0 aliphatic carbocycles. The van der Waals surface area contributed by atoms with Crippen molar-refractivity contribution in [3.05, 3.63) is 58.7 Å². The molecule has 0 saturated heterocycles. The van der Waals surface area contributed by atoms with Crippen LogP contribution in [-0.4, -0.2) is 20.1 Å². The predicted octanol–water partition coefficient (Wildman–Crippen LogP) is 5.71. The first-order valence-corrected chi connectivity index (χ1v) is 8.53. The number of fused-ring (bicyclic) bond motifs is 1. The van der Waals surface area contributed by atoms with Crippen LogP contribution in [0.25, 0.3) is 10.8 Å². The Hall–Kier alpha value is -2.82. The Balaban J connectivity index is 2.08. The number of nitrogens with zero attached hydrogens (tertiary/aromatic N) is 3. The maximum atomic E-state index is 10.8. The summed E-state index contributed by atoms with van der Waals surface area (Å²) in [7, 11) is 7.59. The van der Waals surface area contributed by atoms with Gasteiger partial charge in [-0.15, -0.1) is 5.11 Å². The van der Waals surface area contributed by atoms with Crippen LogP contribution >= 0.6 is 0 Å². The first-order valence-electron chi connectivity index (χ1n) is 8.53. The minimum absolute atomic E-state index is 0.181. The second kappa shape index (κ2) is 6.83. The summed E-state index contributed by atoms with van der Waals surface area (Å²) in [6, 6.07) is 11.8. The highest BCUT2D eigenvalue weighted by Gasteiger charge is 2.13. The highest BCUT2D eigenvalue weighted by molar-refractivity contribution is 6.17. The van der Waals surface area contributed by atoms with Gasteiger partial charge in [0.25, 0.3) is 0 Å². The summed E-state index contributed by atoms with van der Waals surface area (Å²) in [6.07, 6.45) is 0. The Bertz CT molecular complexity index is 1030. The van der Waals surface area contributed by atoms with Crippen molar-refractivity contribution < 1.29 is 5.11 Å². The van der Waals surface area contributed by atoms with E-state index in [2.05, 4.69) is 22.4 Å². The SMILES string of the molecule is [B]N(C)c1ccc(N=Nc2c(C)cc3c(C)ccc(C)c3c2O)cc1C. The van der Waals surface area contributed by atoms with E-state index in [9.17, 15) is 5.11 Å². The van der Waals surface area contributed by atoms with Crippen LogP contribution in [-0.2, 0) is 0 Å². The number of hydrogen-bond donors (Lipinski definition) is 1. The zero-order valence-corrected chi connectivity index (χ0v) is 15.8. The molecule has 0 unspecified atom stereocenters. The molecule has 0 fully saturated rings.